The van der Waals surface area contributed by atoms with E-state index in [1.807, 2.05) is 0 Å². The summed E-state index contributed by atoms with van der Waals surface area (Å²) < 4.78 is 0. The summed E-state index contributed by atoms with van der Waals surface area (Å²) in [5, 5.41) is 9.51. The molecule has 0 radical (unpaired) electrons. The molecule has 0 bridgehead atoms. The molecule has 2 aliphatic rings. The Morgan fingerprint density at radius 3 is 2.10 bits per heavy atom. The van der Waals surface area contributed by atoms with E-state index < -0.39 is 0 Å². The van der Waals surface area contributed by atoms with Gasteiger partial charge in [-0.25, -0.2) is 0 Å². The minimum Gasteiger partial charge on any atom is -0.393 e. The van der Waals surface area contributed by atoms with Gasteiger partial charge in [-0.05, 0) is 82.0 Å². The van der Waals surface area contributed by atoms with Gasteiger partial charge in [-0.2, -0.15) is 0 Å². The van der Waals surface area contributed by atoms with Crippen molar-refractivity contribution in [2.24, 2.45) is 17.8 Å². The van der Waals surface area contributed by atoms with Crippen LogP contribution in [0.4, 0.5) is 0 Å². The number of allylic oxidation sites excluding steroid dienone is 2. The van der Waals surface area contributed by atoms with E-state index in [0.717, 1.165) is 30.6 Å². The van der Waals surface area contributed by atoms with Gasteiger partial charge in [-0.1, -0.05) is 31.9 Å². The zero-order chi connectivity index (χ0) is 14.2. The summed E-state index contributed by atoms with van der Waals surface area (Å²) in [7, 11) is 0. The van der Waals surface area contributed by atoms with Gasteiger partial charge in [0.05, 0.1) is 6.10 Å². The highest BCUT2D eigenvalue weighted by molar-refractivity contribution is 4.91. The molecule has 0 amide bonds. The fraction of sp³-hybridized carbons (Fsp3) is 0.895. The SMILES string of the molecule is CCCC1CCC(C=CCCC2CCC(O)CC2)CC1. The van der Waals surface area contributed by atoms with Gasteiger partial charge >= 0.3 is 0 Å². The topological polar surface area (TPSA) is 20.2 Å². The van der Waals surface area contributed by atoms with Crippen LogP contribution in [0.3, 0.4) is 0 Å². The molecule has 116 valence electrons. The van der Waals surface area contributed by atoms with Crippen LogP contribution in [0.1, 0.15) is 84.0 Å². The molecule has 2 aliphatic carbocycles. The molecule has 0 saturated heterocycles. The van der Waals surface area contributed by atoms with Crippen molar-refractivity contribution in [1.82, 2.24) is 0 Å². The van der Waals surface area contributed by atoms with E-state index >= 15 is 0 Å². The maximum atomic E-state index is 9.51. The highest BCUT2D eigenvalue weighted by atomic mass is 16.3. The third-order valence-electron chi connectivity index (χ3n) is 5.55. The van der Waals surface area contributed by atoms with Crippen LogP contribution >= 0.6 is 0 Å². The first-order chi connectivity index (χ1) is 9.78. The molecule has 0 spiro atoms. The van der Waals surface area contributed by atoms with Gasteiger partial charge in [-0.15, -0.1) is 0 Å². The molecule has 1 nitrogen and oxygen atoms in total. The average molecular weight is 278 g/mol. The Morgan fingerprint density at radius 1 is 0.850 bits per heavy atom. The predicted octanol–water partition coefficient (Wildman–Crippen LogP) is 5.48. The first-order valence-corrected chi connectivity index (χ1v) is 9.12. The number of hydrogen-bond acceptors (Lipinski definition) is 1. The molecule has 0 aromatic heterocycles. The molecule has 0 aromatic rings. The lowest BCUT2D eigenvalue weighted by Gasteiger charge is -2.26. The molecule has 20 heavy (non-hydrogen) atoms. The van der Waals surface area contributed by atoms with E-state index in [1.165, 1.54) is 64.2 Å². The monoisotopic (exact) mass is 278 g/mol. The largest absolute Gasteiger partial charge is 0.393 e. The molecule has 0 heterocycles. The van der Waals surface area contributed by atoms with Crippen LogP contribution in [0.2, 0.25) is 0 Å². The Bertz CT molecular complexity index is 267. The predicted molar refractivity (Wildman–Crippen MR) is 86.7 cm³/mol. The fourth-order valence-corrected chi connectivity index (χ4v) is 4.13. The van der Waals surface area contributed by atoms with Crippen LogP contribution in [0.25, 0.3) is 0 Å². The van der Waals surface area contributed by atoms with Crippen molar-refractivity contribution >= 4 is 0 Å². The van der Waals surface area contributed by atoms with Crippen LogP contribution in [-0.4, -0.2) is 11.2 Å². The average Bonchev–Trinajstić information content (AvgIpc) is 2.47. The molecule has 0 unspecified atom stereocenters. The molecule has 2 saturated carbocycles. The van der Waals surface area contributed by atoms with Gasteiger partial charge in [0.1, 0.15) is 0 Å². The van der Waals surface area contributed by atoms with Crippen molar-refractivity contribution in [3.8, 4) is 0 Å². The Kier molecular flexibility index (Phi) is 7.13. The Labute approximate surface area is 125 Å². The van der Waals surface area contributed by atoms with E-state index in [2.05, 4.69) is 19.1 Å². The molecule has 0 aliphatic heterocycles. The van der Waals surface area contributed by atoms with Gasteiger partial charge in [-0.3, -0.25) is 0 Å². The van der Waals surface area contributed by atoms with Crippen molar-refractivity contribution in [2.45, 2.75) is 90.1 Å². The molecule has 0 aromatic carbocycles. The van der Waals surface area contributed by atoms with Crippen LogP contribution in [0.15, 0.2) is 12.2 Å². The second kappa shape index (κ2) is 8.87. The summed E-state index contributed by atoms with van der Waals surface area (Å²) in [5.41, 5.74) is 0. The lowest BCUT2D eigenvalue weighted by Crippen LogP contribution is -2.17. The number of hydrogen-bond donors (Lipinski definition) is 1. The second-order valence-corrected chi connectivity index (χ2v) is 7.25. The third kappa shape index (κ3) is 5.60. The molecule has 2 rings (SSSR count). The van der Waals surface area contributed by atoms with E-state index in [1.54, 1.807) is 0 Å². The molecule has 2 fully saturated rings. The van der Waals surface area contributed by atoms with Crippen molar-refractivity contribution in [2.75, 3.05) is 0 Å². The zero-order valence-corrected chi connectivity index (χ0v) is 13.4. The standard InChI is InChI=1S/C19H34O/c1-2-5-16-8-10-17(11-9-16)6-3-4-7-18-12-14-19(20)15-13-18/h3,6,16-20H,2,4-5,7-15H2,1H3. The van der Waals surface area contributed by atoms with Crippen LogP contribution in [0, 0.1) is 17.8 Å². The highest BCUT2D eigenvalue weighted by Gasteiger charge is 2.19. The molecule has 0 atom stereocenters. The summed E-state index contributed by atoms with van der Waals surface area (Å²) in [6.07, 6.45) is 20.7. The highest BCUT2D eigenvalue weighted by Crippen LogP contribution is 2.32. The van der Waals surface area contributed by atoms with E-state index in [0.29, 0.717) is 0 Å². The number of aliphatic hydroxyl groups excluding tert-OH is 1. The molecular weight excluding hydrogens is 244 g/mol. The van der Waals surface area contributed by atoms with Crippen molar-refractivity contribution in [3.05, 3.63) is 12.2 Å². The Hall–Kier alpha value is -0.300. The summed E-state index contributed by atoms with van der Waals surface area (Å²) >= 11 is 0. The van der Waals surface area contributed by atoms with Crippen molar-refractivity contribution in [3.63, 3.8) is 0 Å². The normalized spacial score (nSPS) is 35.5. The van der Waals surface area contributed by atoms with Crippen molar-refractivity contribution < 1.29 is 5.11 Å². The summed E-state index contributed by atoms with van der Waals surface area (Å²) in [4.78, 5) is 0. The van der Waals surface area contributed by atoms with Crippen molar-refractivity contribution in [1.29, 1.82) is 0 Å². The minimum atomic E-state index is 0.0000902. The fourth-order valence-electron chi connectivity index (χ4n) is 4.13. The second-order valence-electron chi connectivity index (χ2n) is 7.25. The van der Waals surface area contributed by atoms with Gasteiger partial charge in [0.25, 0.3) is 0 Å². The van der Waals surface area contributed by atoms with Crippen LogP contribution in [0.5, 0.6) is 0 Å². The van der Waals surface area contributed by atoms with Gasteiger partial charge in [0.2, 0.25) is 0 Å². The Morgan fingerprint density at radius 2 is 1.45 bits per heavy atom. The minimum absolute atomic E-state index is 0.0000902. The molecular formula is C19H34O. The maximum absolute atomic E-state index is 9.51. The van der Waals surface area contributed by atoms with Crippen LogP contribution in [-0.2, 0) is 0 Å². The summed E-state index contributed by atoms with van der Waals surface area (Å²) in [6.45, 7) is 2.32. The summed E-state index contributed by atoms with van der Waals surface area (Å²) in [5.74, 6) is 2.78. The first-order valence-electron chi connectivity index (χ1n) is 9.12. The quantitative estimate of drug-likeness (QED) is 0.638. The van der Waals surface area contributed by atoms with Gasteiger partial charge in [0.15, 0.2) is 0 Å². The lowest BCUT2D eigenvalue weighted by atomic mass is 9.80. The number of aliphatic hydroxyl groups is 1. The van der Waals surface area contributed by atoms with E-state index in [4.69, 9.17) is 0 Å². The molecule has 1 heteroatoms. The molecule has 1 N–H and O–H groups in total. The van der Waals surface area contributed by atoms with Gasteiger partial charge in [0, 0.05) is 0 Å². The van der Waals surface area contributed by atoms with E-state index in [-0.39, 0.29) is 6.10 Å². The Balaban J connectivity index is 1.55. The maximum Gasteiger partial charge on any atom is 0.0540 e. The lowest BCUT2D eigenvalue weighted by molar-refractivity contribution is 0.107. The zero-order valence-electron chi connectivity index (χ0n) is 13.4. The van der Waals surface area contributed by atoms with E-state index in [9.17, 15) is 5.11 Å². The smallest absolute Gasteiger partial charge is 0.0540 e. The first kappa shape index (κ1) is 16.1. The van der Waals surface area contributed by atoms with Crippen LogP contribution < -0.4 is 0 Å². The summed E-state index contributed by atoms with van der Waals surface area (Å²) in [6, 6.07) is 0. The number of rotatable bonds is 6. The third-order valence-corrected chi connectivity index (χ3v) is 5.55. The van der Waals surface area contributed by atoms with Gasteiger partial charge < -0.3 is 5.11 Å².